The van der Waals surface area contributed by atoms with Gasteiger partial charge in [-0.2, -0.15) is 5.10 Å². The van der Waals surface area contributed by atoms with E-state index in [9.17, 15) is 9.59 Å². The van der Waals surface area contributed by atoms with Gasteiger partial charge in [-0.15, -0.1) is 0 Å². The SMILES string of the molecule is CCOC(=O)c1ccc(-c2ccc(C=NNC(=O)Cn3nnnc3N)o2)cc1. The van der Waals surface area contributed by atoms with Crippen LogP contribution in [0.3, 0.4) is 0 Å². The highest BCUT2D eigenvalue weighted by atomic mass is 16.5. The number of furan rings is 1. The lowest BCUT2D eigenvalue weighted by Crippen LogP contribution is -2.24. The molecule has 0 radical (unpaired) electrons. The number of hydrazone groups is 1. The number of aromatic nitrogens is 4. The van der Waals surface area contributed by atoms with Crippen molar-refractivity contribution < 1.29 is 18.7 Å². The molecular weight excluding hydrogens is 366 g/mol. The number of carbonyl (C=O) groups excluding carboxylic acids is 2. The van der Waals surface area contributed by atoms with Gasteiger partial charge in [0.25, 0.3) is 5.91 Å². The van der Waals surface area contributed by atoms with Gasteiger partial charge in [-0.1, -0.05) is 17.2 Å². The fourth-order valence-electron chi connectivity index (χ4n) is 2.23. The van der Waals surface area contributed by atoms with E-state index in [2.05, 4.69) is 26.1 Å². The number of esters is 1. The molecule has 3 rings (SSSR count). The minimum Gasteiger partial charge on any atom is -0.462 e. The van der Waals surface area contributed by atoms with Crippen LogP contribution in [0, 0.1) is 0 Å². The summed E-state index contributed by atoms with van der Waals surface area (Å²) < 4.78 is 11.7. The van der Waals surface area contributed by atoms with E-state index in [1.165, 1.54) is 6.21 Å². The molecule has 1 amide bonds. The lowest BCUT2D eigenvalue weighted by molar-refractivity contribution is -0.121. The van der Waals surface area contributed by atoms with Gasteiger partial charge in [0.2, 0.25) is 5.95 Å². The number of nitrogens with zero attached hydrogens (tertiary/aromatic N) is 5. The Balaban J connectivity index is 1.57. The molecule has 2 heterocycles. The highest BCUT2D eigenvalue weighted by Gasteiger charge is 2.09. The van der Waals surface area contributed by atoms with Gasteiger partial charge in [0.1, 0.15) is 18.1 Å². The molecule has 0 fully saturated rings. The first kappa shape index (κ1) is 18.8. The number of rotatable bonds is 7. The Morgan fingerprint density at radius 2 is 2.07 bits per heavy atom. The molecule has 0 aliphatic carbocycles. The third-order valence-corrected chi connectivity index (χ3v) is 3.54. The summed E-state index contributed by atoms with van der Waals surface area (Å²) in [6.45, 7) is 1.91. The van der Waals surface area contributed by atoms with Crippen molar-refractivity contribution in [2.75, 3.05) is 12.3 Å². The highest BCUT2D eigenvalue weighted by Crippen LogP contribution is 2.22. The first-order valence-electron chi connectivity index (χ1n) is 8.27. The number of tetrazole rings is 1. The second kappa shape index (κ2) is 8.58. The minimum atomic E-state index is -0.448. The molecule has 0 aliphatic heterocycles. The van der Waals surface area contributed by atoms with E-state index >= 15 is 0 Å². The predicted molar refractivity (Wildman–Crippen MR) is 98.1 cm³/mol. The number of hydrogen-bond acceptors (Lipinski definition) is 9. The van der Waals surface area contributed by atoms with Crippen LogP contribution in [0.15, 0.2) is 45.9 Å². The topological polar surface area (TPSA) is 151 Å². The van der Waals surface area contributed by atoms with Crippen molar-refractivity contribution in [3.63, 3.8) is 0 Å². The summed E-state index contributed by atoms with van der Waals surface area (Å²) in [6.07, 6.45) is 1.36. The van der Waals surface area contributed by atoms with Crippen LogP contribution < -0.4 is 11.2 Å². The summed E-state index contributed by atoms with van der Waals surface area (Å²) in [7, 11) is 0. The number of anilines is 1. The van der Waals surface area contributed by atoms with Crippen molar-refractivity contribution in [2.45, 2.75) is 13.5 Å². The summed E-state index contributed by atoms with van der Waals surface area (Å²) in [4.78, 5) is 23.4. The van der Waals surface area contributed by atoms with Gasteiger partial charge in [0, 0.05) is 5.56 Å². The van der Waals surface area contributed by atoms with Crippen molar-refractivity contribution in [3.8, 4) is 11.3 Å². The van der Waals surface area contributed by atoms with Crippen LogP contribution in [-0.4, -0.2) is 44.9 Å². The lowest BCUT2D eigenvalue weighted by atomic mass is 10.1. The zero-order valence-corrected chi connectivity index (χ0v) is 14.9. The van der Waals surface area contributed by atoms with Crippen LogP contribution >= 0.6 is 0 Å². The molecule has 0 spiro atoms. The molecule has 0 saturated carbocycles. The number of benzene rings is 1. The maximum absolute atomic E-state index is 11.7. The van der Waals surface area contributed by atoms with Gasteiger partial charge in [-0.05, 0) is 41.6 Å². The fraction of sp³-hybridized carbons (Fsp3) is 0.176. The van der Waals surface area contributed by atoms with Crippen molar-refractivity contribution in [1.29, 1.82) is 0 Å². The quantitative estimate of drug-likeness (QED) is 0.346. The number of nitrogens with two attached hydrogens (primary N) is 1. The number of amides is 1. The van der Waals surface area contributed by atoms with Gasteiger partial charge in [0.05, 0.1) is 18.4 Å². The van der Waals surface area contributed by atoms with Crippen LogP contribution in [-0.2, 0) is 16.1 Å². The van der Waals surface area contributed by atoms with Crippen LogP contribution in [0.5, 0.6) is 0 Å². The maximum Gasteiger partial charge on any atom is 0.338 e. The van der Waals surface area contributed by atoms with Gasteiger partial charge in [0.15, 0.2) is 0 Å². The Hall–Kier alpha value is -4.02. The van der Waals surface area contributed by atoms with Gasteiger partial charge in [-0.3, -0.25) is 4.79 Å². The average Bonchev–Trinajstić information content (AvgIpc) is 3.32. The van der Waals surface area contributed by atoms with E-state index in [-0.39, 0.29) is 18.5 Å². The number of nitrogen functional groups attached to an aromatic ring is 1. The third kappa shape index (κ3) is 4.58. The molecule has 11 nitrogen and oxygen atoms in total. The van der Waals surface area contributed by atoms with Crippen LogP contribution in [0.2, 0.25) is 0 Å². The molecule has 0 unspecified atom stereocenters. The molecule has 0 saturated heterocycles. The van der Waals surface area contributed by atoms with Crippen molar-refractivity contribution in [1.82, 2.24) is 25.6 Å². The summed E-state index contributed by atoms with van der Waals surface area (Å²) in [5, 5.41) is 14.2. The van der Waals surface area contributed by atoms with E-state index in [0.29, 0.717) is 23.7 Å². The third-order valence-electron chi connectivity index (χ3n) is 3.54. The van der Waals surface area contributed by atoms with E-state index in [1.54, 1.807) is 43.3 Å². The molecule has 3 N–H and O–H groups in total. The summed E-state index contributed by atoms with van der Waals surface area (Å²) in [5.74, 6) is 0.234. The Morgan fingerprint density at radius 3 is 2.75 bits per heavy atom. The number of nitrogens with one attached hydrogen (secondary N) is 1. The molecule has 0 bridgehead atoms. The lowest BCUT2D eigenvalue weighted by Gasteiger charge is -2.02. The molecule has 2 aromatic heterocycles. The summed E-state index contributed by atoms with van der Waals surface area (Å²) in [6, 6.07) is 10.3. The minimum absolute atomic E-state index is 0.0313. The predicted octanol–water partition coefficient (Wildman–Crippen LogP) is 0.842. The Morgan fingerprint density at radius 1 is 1.29 bits per heavy atom. The molecule has 3 aromatic rings. The molecule has 1 aromatic carbocycles. The first-order valence-corrected chi connectivity index (χ1v) is 8.27. The van der Waals surface area contributed by atoms with Crippen molar-refractivity contribution in [3.05, 3.63) is 47.7 Å². The Labute approximate surface area is 159 Å². The Bertz CT molecular complexity index is 991. The van der Waals surface area contributed by atoms with E-state index in [1.807, 2.05) is 0 Å². The van der Waals surface area contributed by atoms with Gasteiger partial charge < -0.3 is 14.9 Å². The largest absolute Gasteiger partial charge is 0.462 e. The van der Waals surface area contributed by atoms with E-state index < -0.39 is 5.91 Å². The van der Waals surface area contributed by atoms with Crippen LogP contribution in [0.4, 0.5) is 5.95 Å². The number of carbonyl (C=O) groups is 2. The highest BCUT2D eigenvalue weighted by molar-refractivity contribution is 5.90. The standard InChI is InChI=1S/C17H17N7O4/c1-2-27-16(26)12-5-3-11(4-6-12)14-8-7-13(28-14)9-19-20-15(25)10-24-17(18)21-22-23-24/h3-9H,2,10H2,1H3,(H,20,25)(H2,18,21,23). The van der Waals surface area contributed by atoms with Gasteiger partial charge >= 0.3 is 5.97 Å². The molecule has 0 aliphatic rings. The second-order valence-corrected chi connectivity index (χ2v) is 5.49. The smallest absolute Gasteiger partial charge is 0.338 e. The normalized spacial score (nSPS) is 10.9. The summed E-state index contributed by atoms with van der Waals surface area (Å²) in [5.41, 5.74) is 9.05. The van der Waals surface area contributed by atoms with Gasteiger partial charge in [-0.25, -0.2) is 14.9 Å². The molecular formula is C17H17N7O4. The first-order chi connectivity index (χ1) is 13.6. The maximum atomic E-state index is 11.7. The number of hydrogen-bond donors (Lipinski definition) is 2. The molecule has 0 atom stereocenters. The van der Waals surface area contributed by atoms with E-state index in [4.69, 9.17) is 14.9 Å². The zero-order valence-electron chi connectivity index (χ0n) is 14.9. The number of ether oxygens (including phenoxy) is 1. The second-order valence-electron chi connectivity index (χ2n) is 5.49. The summed E-state index contributed by atoms with van der Waals surface area (Å²) >= 11 is 0. The van der Waals surface area contributed by atoms with E-state index in [0.717, 1.165) is 10.2 Å². The van der Waals surface area contributed by atoms with Crippen molar-refractivity contribution >= 4 is 24.0 Å². The molecule has 11 heteroatoms. The Kier molecular flexibility index (Phi) is 5.75. The van der Waals surface area contributed by atoms with Crippen molar-refractivity contribution in [2.24, 2.45) is 5.10 Å². The molecule has 144 valence electrons. The van der Waals surface area contributed by atoms with Crippen LogP contribution in [0.25, 0.3) is 11.3 Å². The monoisotopic (exact) mass is 383 g/mol. The zero-order chi connectivity index (χ0) is 19.9. The van der Waals surface area contributed by atoms with Crippen LogP contribution in [0.1, 0.15) is 23.0 Å². The average molecular weight is 383 g/mol. The molecule has 28 heavy (non-hydrogen) atoms. The fourth-order valence-corrected chi connectivity index (χ4v) is 2.23.